The maximum Gasteiger partial charge on any atom is 0.273 e. The number of nitrogens with zero attached hydrogens (tertiary/aromatic N) is 2. The predicted octanol–water partition coefficient (Wildman–Crippen LogP) is 5.09. The van der Waals surface area contributed by atoms with Gasteiger partial charge in [-0.3, -0.25) is 9.59 Å². The summed E-state index contributed by atoms with van der Waals surface area (Å²) in [6.45, 7) is 3.03. The zero-order valence-corrected chi connectivity index (χ0v) is 16.6. The summed E-state index contributed by atoms with van der Waals surface area (Å²) in [5, 5.41) is 6.23. The maximum absolute atomic E-state index is 14.0. The van der Waals surface area contributed by atoms with E-state index in [0.29, 0.717) is 27.9 Å². The fourth-order valence-electron chi connectivity index (χ4n) is 3.69. The molecule has 0 N–H and O–H groups in total. The highest BCUT2D eigenvalue weighted by atomic mass is 19.3. The summed E-state index contributed by atoms with van der Waals surface area (Å²) in [6, 6.07) is 12.8. The van der Waals surface area contributed by atoms with E-state index in [9.17, 15) is 18.4 Å². The molecule has 0 radical (unpaired) electrons. The van der Waals surface area contributed by atoms with Crippen molar-refractivity contribution in [1.82, 2.24) is 0 Å². The number of ketones is 1. The summed E-state index contributed by atoms with van der Waals surface area (Å²) in [5.74, 6) is -4.83. The zero-order chi connectivity index (χ0) is 21.5. The van der Waals surface area contributed by atoms with E-state index in [1.807, 2.05) is 0 Å². The monoisotopic (exact) mass is 410 g/mol. The number of anilines is 1. The van der Waals surface area contributed by atoms with Gasteiger partial charge in [0.25, 0.3) is 11.8 Å². The largest absolute Gasteiger partial charge is 0.464 e. The number of rotatable bonds is 6. The van der Waals surface area contributed by atoms with Gasteiger partial charge in [0.05, 0.1) is 17.7 Å². The van der Waals surface area contributed by atoms with E-state index in [4.69, 9.17) is 4.42 Å². The average Bonchev–Trinajstić information content (AvgIpc) is 3.32. The Morgan fingerprint density at radius 1 is 1.20 bits per heavy atom. The lowest BCUT2D eigenvalue weighted by Crippen LogP contribution is -2.33. The molecular weight excluding hydrogens is 390 g/mol. The number of alkyl halides is 2. The summed E-state index contributed by atoms with van der Waals surface area (Å²) >= 11 is 0. The molecule has 1 aliphatic rings. The number of fused-ring (bicyclic) bond motifs is 1. The Balaban J connectivity index is 1.58. The van der Waals surface area contributed by atoms with Crippen LogP contribution in [0.3, 0.4) is 0 Å². The fraction of sp³-hybridized carbons (Fsp3) is 0.261. The van der Waals surface area contributed by atoms with E-state index in [-0.39, 0.29) is 24.2 Å². The number of hydrogen-bond donors (Lipinski definition) is 0. The zero-order valence-electron chi connectivity index (χ0n) is 16.6. The van der Waals surface area contributed by atoms with Gasteiger partial charge in [-0.2, -0.15) is 10.1 Å². The molecule has 0 fully saturated rings. The van der Waals surface area contributed by atoms with Crippen molar-refractivity contribution < 1.29 is 22.8 Å². The van der Waals surface area contributed by atoms with Crippen LogP contribution in [-0.2, 0) is 21.9 Å². The molecule has 0 aliphatic carbocycles. The highest BCUT2D eigenvalue weighted by Gasteiger charge is 2.40. The van der Waals surface area contributed by atoms with E-state index in [0.717, 1.165) is 0 Å². The summed E-state index contributed by atoms with van der Waals surface area (Å²) in [4.78, 5) is 25.9. The molecule has 2 heterocycles. The van der Waals surface area contributed by atoms with Crippen LogP contribution in [0, 0.1) is 5.92 Å². The van der Waals surface area contributed by atoms with Crippen LogP contribution in [0.15, 0.2) is 64.3 Å². The molecule has 0 bridgehead atoms. The first kappa shape index (κ1) is 19.9. The van der Waals surface area contributed by atoms with Gasteiger partial charge in [0.2, 0.25) is 0 Å². The van der Waals surface area contributed by atoms with E-state index in [1.165, 1.54) is 36.4 Å². The molecule has 2 aromatic carbocycles. The van der Waals surface area contributed by atoms with Crippen LogP contribution in [-0.4, -0.2) is 17.4 Å². The third-order valence-corrected chi connectivity index (χ3v) is 5.33. The number of amides is 1. The molecule has 1 amide bonds. The third kappa shape index (κ3) is 3.40. The number of Topliss-reactive ketones (excluding diaryl/α,β-unsaturated/α-hetero) is 1. The van der Waals surface area contributed by atoms with Gasteiger partial charge in [-0.25, -0.2) is 8.78 Å². The molecule has 154 valence electrons. The second-order valence-corrected chi connectivity index (χ2v) is 7.34. The van der Waals surface area contributed by atoms with Crippen molar-refractivity contribution in [1.29, 1.82) is 0 Å². The van der Waals surface area contributed by atoms with Crippen molar-refractivity contribution in [2.45, 2.75) is 32.6 Å². The summed E-state index contributed by atoms with van der Waals surface area (Å²) in [7, 11) is 0. The van der Waals surface area contributed by atoms with Crippen molar-refractivity contribution >= 4 is 34.1 Å². The van der Waals surface area contributed by atoms with E-state index in [1.54, 1.807) is 37.3 Å². The topological polar surface area (TPSA) is 62.9 Å². The van der Waals surface area contributed by atoms with E-state index in [2.05, 4.69) is 5.10 Å². The Labute approximate surface area is 172 Å². The van der Waals surface area contributed by atoms with Gasteiger partial charge in [-0.1, -0.05) is 31.2 Å². The lowest BCUT2D eigenvalue weighted by molar-refractivity contribution is -0.128. The lowest BCUT2D eigenvalue weighted by atomic mass is 9.92. The number of carbonyl (C=O) groups is 2. The third-order valence-electron chi connectivity index (χ3n) is 5.33. The molecule has 4 rings (SSSR count). The van der Waals surface area contributed by atoms with Gasteiger partial charge in [0, 0.05) is 23.8 Å². The second-order valence-electron chi connectivity index (χ2n) is 7.34. The van der Waals surface area contributed by atoms with Crippen molar-refractivity contribution in [3.8, 4) is 0 Å². The SMILES string of the molecule is CCC(F)(F)c1cccc(CC(=O)C2C(=O)N(c3cccc4occc34)N=C2C)c1. The van der Waals surface area contributed by atoms with Crippen molar-refractivity contribution in [3.05, 3.63) is 65.9 Å². The number of hydrogen-bond acceptors (Lipinski definition) is 4. The smallest absolute Gasteiger partial charge is 0.273 e. The Bertz CT molecular complexity index is 1170. The normalized spacial score (nSPS) is 16.9. The van der Waals surface area contributed by atoms with Crippen molar-refractivity contribution in [3.63, 3.8) is 0 Å². The lowest BCUT2D eigenvalue weighted by Gasteiger charge is -2.16. The predicted molar refractivity (Wildman–Crippen MR) is 110 cm³/mol. The van der Waals surface area contributed by atoms with Crippen LogP contribution in [0.5, 0.6) is 0 Å². The second kappa shape index (κ2) is 7.48. The first-order valence-corrected chi connectivity index (χ1v) is 9.67. The molecule has 0 saturated heterocycles. The molecule has 1 unspecified atom stereocenters. The fourth-order valence-corrected chi connectivity index (χ4v) is 3.69. The molecule has 1 aromatic heterocycles. The van der Waals surface area contributed by atoms with Crippen molar-refractivity contribution in [2.75, 3.05) is 5.01 Å². The molecule has 3 aromatic rings. The van der Waals surface area contributed by atoms with Crippen LogP contribution in [0.1, 0.15) is 31.4 Å². The molecule has 0 saturated carbocycles. The minimum atomic E-state index is -2.96. The summed E-state index contributed by atoms with van der Waals surface area (Å²) in [6.07, 6.45) is 1.07. The van der Waals surface area contributed by atoms with E-state index < -0.39 is 17.7 Å². The quantitative estimate of drug-likeness (QED) is 0.532. The Morgan fingerprint density at radius 3 is 2.73 bits per heavy atom. The standard InChI is InChI=1S/C23H20F2N2O3/c1-3-23(24,25)16-7-4-6-15(12-16)13-19(28)21-14(2)26-27(22(21)29)18-8-5-9-20-17(18)10-11-30-20/h4-12,21H,3,13H2,1-2H3. The average molecular weight is 410 g/mol. The molecule has 30 heavy (non-hydrogen) atoms. The van der Waals surface area contributed by atoms with Crippen LogP contribution >= 0.6 is 0 Å². The molecule has 5 nitrogen and oxygen atoms in total. The molecule has 1 atom stereocenters. The first-order chi connectivity index (χ1) is 14.3. The first-order valence-electron chi connectivity index (χ1n) is 9.67. The minimum absolute atomic E-state index is 0.124. The van der Waals surface area contributed by atoms with Crippen LogP contribution < -0.4 is 5.01 Å². The van der Waals surface area contributed by atoms with Gasteiger partial charge < -0.3 is 4.42 Å². The highest BCUT2D eigenvalue weighted by Crippen LogP contribution is 2.33. The Hall–Kier alpha value is -3.35. The number of carbonyl (C=O) groups excluding carboxylic acids is 2. The van der Waals surface area contributed by atoms with Gasteiger partial charge >= 0.3 is 0 Å². The number of furan rings is 1. The molecule has 7 heteroatoms. The summed E-state index contributed by atoms with van der Waals surface area (Å²) < 4.78 is 33.4. The maximum atomic E-state index is 14.0. The van der Waals surface area contributed by atoms with Gasteiger partial charge in [-0.05, 0) is 36.8 Å². The van der Waals surface area contributed by atoms with Crippen LogP contribution in [0.4, 0.5) is 14.5 Å². The number of benzene rings is 2. The molecule has 1 aliphatic heterocycles. The number of hydrazone groups is 1. The molecule has 0 spiro atoms. The van der Waals surface area contributed by atoms with Gasteiger partial charge in [0.1, 0.15) is 11.5 Å². The van der Waals surface area contributed by atoms with E-state index >= 15 is 0 Å². The van der Waals surface area contributed by atoms with Crippen molar-refractivity contribution in [2.24, 2.45) is 11.0 Å². The Kier molecular flexibility index (Phi) is 4.97. The highest BCUT2D eigenvalue weighted by molar-refractivity contribution is 6.28. The van der Waals surface area contributed by atoms with Crippen LogP contribution in [0.25, 0.3) is 11.0 Å². The molecular formula is C23H20F2N2O3. The van der Waals surface area contributed by atoms with Crippen LogP contribution in [0.2, 0.25) is 0 Å². The Morgan fingerprint density at radius 2 is 1.97 bits per heavy atom. The minimum Gasteiger partial charge on any atom is -0.464 e. The van der Waals surface area contributed by atoms with Gasteiger partial charge in [0.15, 0.2) is 5.78 Å². The summed E-state index contributed by atoms with van der Waals surface area (Å²) in [5.41, 5.74) is 1.83. The number of halogens is 2. The van der Waals surface area contributed by atoms with Gasteiger partial charge in [-0.15, -0.1) is 0 Å².